The van der Waals surface area contributed by atoms with Crippen molar-refractivity contribution in [2.24, 2.45) is 0 Å². The van der Waals surface area contributed by atoms with Gasteiger partial charge in [0.25, 0.3) is 0 Å². The van der Waals surface area contributed by atoms with Crippen LogP contribution in [0.1, 0.15) is 29.8 Å². The predicted octanol–water partition coefficient (Wildman–Crippen LogP) is 6.59. The number of hydrogen-bond acceptors (Lipinski definition) is 7. The van der Waals surface area contributed by atoms with Crippen LogP contribution in [0, 0.1) is 0 Å². The first-order valence-electron chi connectivity index (χ1n) is 13.5. The molecule has 0 spiro atoms. The van der Waals surface area contributed by atoms with E-state index in [1.807, 2.05) is 36.4 Å². The maximum atomic E-state index is 13.7. The van der Waals surface area contributed by atoms with Gasteiger partial charge >= 0.3 is 12.3 Å². The lowest BCUT2D eigenvalue weighted by Crippen LogP contribution is -2.37. The van der Waals surface area contributed by atoms with Crippen LogP contribution in [0.25, 0.3) is 33.7 Å². The van der Waals surface area contributed by atoms with Crippen molar-refractivity contribution in [1.82, 2.24) is 9.61 Å². The molecule has 3 heterocycles. The van der Waals surface area contributed by atoms with E-state index in [0.717, 1.165) is 5.56 Å². The molecule has 0 unspecified atom stereocenters. The van der Waals surface area contributed by atoms with Gasteiger partial charge in [0.2, 0.25) is 0 Å². The number of hydrogen-bond donors (Lipinski definition) is 0. The van der Waals surface area contributed by atoms with E-state index in [0.29, 0.717) is 60.0 Å². The summed E-state index contributed by atoms with van der Waals surface area (Å²) >= 11 is 0. The largest absolute Gasteiger partial charge is 0.573 e. The number of aromatic nitrogens is 2. The van der Waals surface area contributed by atoms with Gasteiger partial charge in [0.15, 0.2) is 0 Å². The molecule has 1 saturated heterocycles. The van der Waals surface area contributed by atoms with E-state index < -0.39 is 12.3 Å². The molecule has 0 bridgehead atoms. The van der Waals surface area contributed by atoms with E-state index in [4.69, 9.17) is 19.3 Å². The number of alkyl halides is 3. The second-order valence-electron chi connectivity index (χ2n) is 9.39. The number of carbonyl (C=O) groups excluding carboxylic acids is 1. The molecular formula is C31H30F3N3O5. The first-order valence-corrected chi connectivity index (χ1v) is 13.5. The van der Waals surface area contributed by atoms with Crippen molar-refractivity contribution in [3.63, 3.8) is 0 Å². The van der Waals surface area contributed by atoms with Crippen LogP contribution in [0.15, 0.2) is 67.2 Å². The highest BCUT2D eigenvalue weighted by molar-refractivity contribution is 6.09. The van der Waals surface area contributed by atoms with Gasteiger partial charge in [-0.1, -0.05) is 36.9 Å². The van der Waals surface area contributed by atoms with E-state index >= 15 is 0 Å². The van der Waals surface area contributed by atoms with Crippen molar-refractivity contribution in [2.45, 2.75) is 20.2 Å². The Morgan fingerprint density at radius 3 is 2.24 bits per heavy atom. The Labute approximate surface area is 240 Å². The Balaban J connectivity index is 1.87. The minimum absolute atomic E-state index is 0.121. The van der Waals surface area contributed by atoms with Crippen LogP contribution in [0.5, 0.6) is 5.75 Å². The molecule has 4 aromatic rings. The van der Waals surface area contributed by atoms with Crippen LogP contribution in [0.2, 0.25) is 0 Å². The van der Waals surface area contributed by atoms with Gasteiger partial charge in [0, 0.05) is 24.2 Å². The number of halogens is 3. The van der Waals surface area contributed by atoms with Crippen molar-refractivity contribution < 1.29 is 36.9 Å². The van der Waals surface area contributed by atoms with Gasteiger partial charge in [-0.15, -0.1) is 18.3 Å². The molecule has 0 aliphatic carbocycles. The highest BCUT2D eigenvalue weighted by Crippen LogP contribution is 2.42. The van der Waals surface area contributed by atoms with Crippen LogP contribution in [-0.2, 0) is 14.2 Å². The number of carbonyl (C=O) groups is 1. The quantitative estimate of drug-likeness (QED) is 0.163. The highest BCUT2D eigenvalue weighted by atomic mass is 19.4. The Morgan fingerprint density at radius 1 is 0.952 bits per heavy atom. The molecule has 8 nitrogen and oxygen atoms in total. The summed E-state index contributed by atoms with van der Waals surface area (Å²) in [6.07, 6.45) is -4.84. The summed E-state index contributed by atoms with van der Waals surface area (Å²) in [6, 6.07) is 16.9. The Hall–Kier alpha value is -4.51. The van der Waals surface area contributed by atoms with E-state index in [1.165, 1.54) is 24.3 Å². The molecule has 42 heavy (non-hydrogen) atoms. The molecule has 0 atom stereocenters. The molecule has 5 rings (SSSR count). The molecular weight excluding hydrogens is 551 g/mol. The predicted molar refractivity (Wildman–Crippen MR) is 152 cm³/mol. The van der Waals surface area contributed by atoms with Crippen molar-refractivity contribution in [1.29, 1.82) is 0 Å². The van der Waals surface area contributed by atoms with Crippen molar-refractivity contribution in [3.05, 3.63) is 78.4 Å². The van der Waals surface area contributed by atoms with Crippen LogP contribution >= 0.6 is 0 Å². The number of morpholine rings is 1. The average molecular weight is 582 g/mol. The second-order valence-corrected chi connectivity index (χ2v) is 9.39. The number of rotatable bonds is 9. The zero-order chi connectivity index (χ0) is 29.9. The lowest BCUT2D eigenvalue weighted by molar-refractivity contribution is -0.274. The van der Waals surface area contributed by atoms with Gasteiger partial charge in [-0.2, -0.15) is 0 Å². The third-order valence-corrected chi connectivity index (χ3v) is 6.74. The zero-order valence-corrected chi connectivity index (χ0v) is 23.2. The Morgan fingerprint density at radius 2 is 1.62 bits per heavy atom. The van der Waals surface area contributed by atoms with Crippen molar-refractivity contribution in [2.75, 3.05) is 44.4 Å². The van der Waals surface area contributed by atoms with Crippen LogP contribution in [0.4, 0.5) is 19.0 Å². The normalized spacial score (nSPS) is 13.7. The van der Waals surface area contributed by atoms with Gasteiger partial charge in [0.05, 0.1) is 48.8 Å². The number of fused-ring (bicyclic) bond motifs is 1. The number of esters is 1. The molecule has 220 valence electrons. The summed E-state index contributed by atoms with van der Waals surface area (Å²) in [6.45, 7) is 10.3. The van der Waals surface area contributed by atoms with Gasteiger partial charge < -0.3 is 23.8 Å². The molecule has 0 amide bonds. The van der Waals surface area contributed by atoms with Gasteiger partial charge in [-0.05, 0) is 49.7 Å². The molecule has 11 heteroatoms. The smallest absolute Gasteiger partial charge is 0.494 e. The summed E-state index contributed by atoms with van der Waals surface area (Å²) < 4.78 is 61.3. The SMILES string of the molecule is C=C(OCC)c1c(C(=O)OCC)c2c(-c3ccccc3)cc(N3CCOCC3)nn2c1-c1ccc(OC(F)(F)F)cc1. The first-order chi connectivity index (χ1) is 20.2. The fraction of sp³-hybridized carbons (Fsp3) is 0.290. The summed E-state index contributed by atoms with van der Waals surface area (Å²) in [4.78, 5) is 15.8. The fourth-order valence-corrected chi connectivity index (χ4v) is 5.02. The molecule has 0 N–H and O–H groups in total. The minimum atomic E-state index is -4.84. The zero-order valence-electron chi connectivity index (χ0n) is 23.2. The molecule has 1 aliphatic rings. The standard InChI is InChI=1S/C31H30F3N3O5/c1-4-40-20(3)26-27(30(38)41-5-2)29-24(21-9-7-6-8-10-21)19-25(36-15-17-39-18-16-36)35-37(29)28(26)22-11-13-23(14-12-22)42-31(32,33)34/h6-14,19H,3-5,15-18H2,1-2H3. The lowest BCUT2D eigenvalue weighted by atomic mass is 9.99. The Bertz CT molecular complexity index is 1580. The van der Waals surface area contributed by atoms with Gasteiger partial charge in [-0.25, -0.2) is 9.31 Å². The van der Waals surface area contributed by atoms with Crippen molar-refractivity contribution in [3.8, 4) is 28.1 Å². The Kier molecular flexibility index (Phi) is 8.39. The summed E-state index contributed by atoms with van der Waals surface area (Å²) in [5.74, 6) is -0.146. The average Bonchev–Trinajstić information content (AvgIpc) is 3.33. The maximum Gasteiger partial charge on any atom is 0.573 e. The molecule has 0 radical (unpaired) electrons. The van der Waals surface area contributed by atoms with Crippen LogP contribution in [-0.4, -0.2) is 61.5 Å². The molecule has 2 aromatic carbocycles. The topological polar surface area (TPSA) is 74.5 Å². The van der Waals surface area contributed by atoms with Gasteiger partial charge in [-0.3, -0.25) is 0 Å². The second kappa shape index (κ2) is 12.2. The van der Waals surface area contributed by atoms with E-state index in [2.05, 4.69) is 16.2 Å². The molecule has 1 aliphatic heterocycles. The summed E-state index contributed by atoms with van der Waals surface area (Å²) in [5.41, 5.74) is 3.41. The van der Waals surface area contributed by atoms with E-state index in [1.54, 1.807) is 18.4 Å². The summed E-state index contributed by atoms with van der Waals surface area (Å²) in [7, 11) is 0. The van der Waals surface area contributed by atoms with E-state index in [-0.39, 0.29) is 30.3 Å². The number of ether oxygens (including phenoxy) is 4. The molecule has 0 saturated carbocycles. The third-order valence-electron chi connectivity index (χ3n) is 6.74. The number of nitrogens with zero attached hydrogens (tertiary/aromatic N) is 3. The third kappa shape index (κ3) is 5.91. The lowest BCUT2D eigenvalue weighted by Gasteiger charge is -2.28. The van der Waals surface area contributed by atoms with Crippen molar-refractivity contribution >= 4 is 23.1 Å². The first kappa shape index (κ1) is 29.0. The maximum absolute atomic E-state index is 13.7. The van der Waals surface area contributed by atoms with Gasteiger partial charge in [0.1, 0.15) is 17.3 Å². The summed E-state index contributed by atoms with van der Waals surface area (Å²) in [5, 5.41) is 4.98. The van der Waals surface area contributed by atoms with E-state index in [9.17, 15) is 18.0 Å². The monoisotopic (exact) mass is 581 g/mol. The highest BCUT2D eigenvalue weighted by Gasteiger charge is 2.33. The fourth-order valence-electron chi connectivity index (χ4n) is 5.02. The molecule has 1 fully saturated rings. The minimum Gasteiger partial charge on any atom is -0.494 e. The van der Waals surface area contributed by atoms with Crippen LogP contribution in [0.3, 0.4) is 0 Å². The molecule has 2 aromatic heterocycles. The van der Waals surface area contributed by atoms with Crippen LogP contribution < -0.4 is 9.64 Å². The number of benzene rings is 2. The number of anilines is 1.